The summed E-state index contributed by atoms with van der Waals surface area (Å²) >= 11 is 0. The number of carbonyl (C=O) groups is 1. The Morgan fingerprint density at radius 3 is 2.61 bits per heavy atom. The predicted octanol–water partition coefficient (Wildman–Crippen LogP) is 5.18. The third kappa shape index (κ3) is 5.49. The van der Waals surface area contributed by atoms with Crippen molar-refractivity contribution in [3.63, 3.8) is 0 Å². The molecule has 0 spiro atoms. The zero-order valence-corrected chi connectivity index (χ0v) is 23.3. The Bertz CT molecular complexity index is 1910. The van der Waals surface area contributed by atoms with Gasteiger partial charge in [0, 0.05) is 42.2 Å². The van der Waals surface area contributed by atoms with E-state index in [-0.39, 0.29) is 17.3 Å². The Morgan fingerprint density at radius 1 is 1.05 bits per heavy atom. The highest BCUT2D eigenvalue weighted by Crippen LogP contribution is 2.32. The lowest BCUT2D eigenvalue weighted by Crippen LogP contribution is -2.28. The van der Waals surface area contributed by atoms with Gasteiger partial charge in [-0.25, -0.2) is 14.5 Å². The smallest absolute Gasteiger partial charge is 0.259 e. The molecule has 0 aliphatic heterocycles. The molecular formula is C32H30N8O. The molecule has 6 rings (SSSR count). The topological polar surface area (TPSA) is 116 Å². The molecule has 1 unspecified atom stereocenters. The third-order valence-corrected chi connectivity index (χ3v) is 6.43. The van der Waals surface area contributed by atoms with Crippen molar-refractivity contribution in [2.24, 2.45) is 7.05 Å². The fraction of sp³-hybridized carbons (Fsp3) is 0.156. The average molecular weight is 543 g/mol. The van der Waals surface area contributed by atoms with Gasteiger partial charge in [-0.2, -0.15) is 5.10 Å². The number of hydrogen-bond acceptors (Lipinski definition) is 6. The van der Waals surface area contributed by atoms with E-state index in [0.717, 1.165) is 38.9 Å². The van der Waals surface area contributed by atoms with E-state index in [4.69, 9.17) is 10.7 Å². The first-order valence-electron chi connectivity index (χ1n) is 13.4. The number of nitrogens with one attached hydrogen (secondary N) is 1. The summed E-state index contributed by atoms with van der Waals surface area (Å²) in [5.74, 6) is 6.21. The number of nitrogens with two attached hydrogens (primary N) is 1. The van der Waals surface area contributed by atoms with Crippen molar-refractivity contribution in [3.05, 3.63) is 108 Å². The van der Waals surface area contributed by atoms with E-state index >= 15 is 0 Å². The van der Waals surface area contributed by atoms with Crippen LogP contribution in [0.25, 0.3) is 27.7 Å². The van der Waals surface area contributed by atoms with Gasteiger partial charge in [0.05, 0.1) is 29.0 Å². The van der Waals surface area contributed by atoms with Gasteiger partial charge >= 0.3 is 0 Å². The van der Waals surface area contributed by atoms with Gasteiger partial charge in [-0.05, 0) is 36.8 Å². The van der Waals surface area contributed by atoms with E-state index in [1.54, 1.807) is 29.3 Å². The van der Waals surface area contributed by atoms with Crippen LogP contribution in [0.2, 0.25) is 0 Å². The van der Waals surface area contributed by atoms with Crippen LogP contribution in [0.5, 0.6) is 0 Å². The molecule has 0 saturated heterocycles. The molecule has 3 N–H and O–H groups in total. The molecule has 0 saturated carbocycles. The van der Waals surface area contributed by atoms with Gasteiger partial charge in [0.15, 0.2) is 11.5 Å². The number of carbonyl (C=O) groups excluding carboxylic acids is 1. The van der Waals surface area contributed by atoms with Crippen molar-refractivity contribution >= 4 is 28.3 Å². The van der Waals surface area contributed by atoms with Gasteiger partial charge in [-0.1, -0.05) is 62.1 Å². The number of nitrogens with zero attached hydrogens (tertiary/aromatic N) is 6. The van der Waals surface area contributed by atoms with E-state index in [1.807, 2.05) is 82.5 Å². The molecule has 1 atom stereocenters. The molecule has 4 heterocycles. The fourth-order valence-corrected chi connectivity index (χ4v) is 4.58. The average Bonchev–Trinajstić information content (AvgIpc) is 3.58. The standard InChI is InChI=1S/C30H24N8O.C2H6/c1-19(34-30(39)26-28(31)36-38-15-7-14-32-29(26)38)27-24(21-8-4-3-5-9-21)16-23-22(10-6-11-25(23)35-27)13-12-20-17-33-37(2)18-20;1-2/h3-11,14-19H,1-2H3,(H2,31,36)(H,34,39);1-2H3. The van der Waals surface area contributed by atoms with Gasteiger partial charge in [-0.3, -0.25) is 9.48 Å². The Balaban J connectivity index is 0.00000165. The van der Waals surface area contributed by atoms with Crippen LogP contribution in [-0.2, 0) is 7.05 Å². The highest BCUT2D eigenvalue weighted by atomic mass is 16.1. The second-order valence-electron chi connectivity index (χ2n) is 9.16. The van der Waals surface area contributed by atoms with Gasteiger partial charge in [-0.15, -0.1) is 5.10 Å². The Labute approximate surface area is 238 Å². The Kier molecular flexibility index (Phi) is 7.74. The summed E-state index contributed by atoms with van der Waals surface area (Å²) in [4.78, 5) is 22.7. The highest BCUT2D eigenvalue weighted by Gasteiger charge is 2.23. The number of hydrogen-bond donors (Lipinski definition) is 2. The number of fused-ring (bicyclic) bond motifs is 2. The molecule has 6 aromatic rings. The summed E-state index contributed by atoms with van der Waals surface area (Å²) in [6.45, 7) is 5.90. The molecule has 0 fully saturated rings. The summed E-state index contributed by atoms with van der Waals surface area (Å²) in [6.07, 6.45) is 6.91. The first kappa shape index (κ1) is 27.1. The SMILES string of the molecule is CC.CC(NC(=O)c1c(N)nn2cccnc12)c1nc2cccc(C#Cc3cnn(C)c3)c2cc1-c1ccccc1. The molecule has 0 aliphatic rings. The number of aromatic nitrogens is 6. The van der Waals surface area contributed by atoms with Crippen LogP contribution >= 0.6 is 0 Å². The number of nitrogen functional groups attached to an aromatic ring is 1. The lowest BCUT2D eigenvalue weighted by atomic mass is 9.96. The minimum atomic E-state index is -0.444. The molecule has 2 aromatic carbocycles. The van der Waals surface area contributed by atoms with Gasteiger partial charge < -0.3 is 11.1 Å². The second kappa shape index (κ2) is 11.7. The molecule has 0 radical (unpaired) electrons. The first-order valence-corrected chi connectivity index (χ1v) is 13.4. The normalized spacial score (nSPS) is 11.3. The van der Waals surface area contributed by atoms with Crippen LogP contribution in [0.3, 0.4) is 0 Å². The number of anilines is 1. The van der Waals surface area contributed by atoms with Gasteiger partial charge in [0.2, 0.25) is 0 Å². The van der Waals surface area contributed by atoms with Crippen LogP contribution in [0.4, 0.5) is 5.82 Å². The van der Waals surface area contributed by atoms with E-state index < -0.39 is 6.04 Å². The van der Waals surface area contributed by atoms with Crippen molar-refractivity contribution in [1.82, 2.24) is 34.7 Å². The summed E-state index contributed by atoms with van der Waals surface area (Å²) in [5, 5.41) is 12.4. The zero-order valence-electron chi connectivity index (χ0n) is 23.3. The van der Waals surface area contributed by atoms with Crippen molar-refractivity contribution in [3.8, 4) is 23.0 Å². The first-order chi connectivity index (χ1) is 20.0. The second-order valence-corrected chi connectivity index (χ2v) is 9.16. The van der Waals surface area contributed by atoms with Crippen molar-refractivity contribution < 1.29 is 4.79 Å². The van der Waals surface area contributed by atoms with Crippen LogP contribution < -0.4 is 11.1 Å². The molecule has 4 aromatic heterocycles. The quantitative estimate of drug-likeness (QED) is 0.297. The maximum atomic E-state index is 13.4. The highest BCUT2D eigenvalue weighted by molar-refractivity contribution is 6.04. The van der Waals surface area contributed by atoms with E-state index in [2.05, 4.69) is 38.4 Å². The molecule has 204 valence electrons. The summed E-state index contributed by atoms with van der Waals surface area (Å²) in [5.41, 5.74) is 11.8. The summed E-state index contributed by atoms with van der Waals surface area (Å²) in [7, 11) is 1.86. The fourth-order valence-electron chi connectivity index (χ4n) is 4.58. The summed E-state index contributed by atoms with van der Waals surface area (Å²) < 4.78 is 3.22. The molecule has 9 nitrogen and oxygen atoms in total. The van der Waals surface area contributed by atoms with Crippen molar-refractivity contribution in [1.29, 1.82) is 0 Å². The van der Waals surface area contributed by atoms with E-state index in [9.17, 15) is 4.79 Å². The maximum Gasteiger partial charge on any atom is 0.259 e. The van der Waals surface area contributed by atoms with Crippen molar-refractivity contribution in [2.45, 2.75) is 26.8 Å². The minimum Gasteiger partial charge on any atom is -0.381 e. The minimum absolute atomic E-state index is 0.116. The molecule has 0 bridgehead atoms. The monoisotopic (exact) mass is 542 g/mol. The number of amides is 1. The van der Waals surface area contributed by atoms with Gasteiger partial charge in [0.1, 0.15) is 5.56 Å². The third-order valence-electron chi connectivity index (χ3n) is 6.43. The van der Waals surface area contributed by atoms with Crippen LogP contribution in [-0.4, -0.2) is 35.3 Å². The van der Waals surface area contributed by atoms with Crippen molar-refractivity contribution in [2.75, 3.05) is 5.73 Å². The zero-order chi connectivity index (χ0) is 28.9. The number of benzene rings is 2. The summed E-state index contributed by atoms with van der Waals surface area (Å²) in [6, 6.07) is 19.2. The lowest BCUT2D eigenvalue weighted by molar-refractivity contribution is 0.0941. The molecule has 9 heteroatoms. The molecule has 0 aliphatic carbocycles. The van der Waals surface area contributed by atoms with Gasteiger partial charge in [0.25, 0.3) is 5.91 Å². The van der Waals surface area contributed by atoms with Crippen LogP contribution in [0.1, 0.15) is 54.0 Å². The van der Waals surface area contributed by atoms with E-state index in [0.29, 0.717) is 5.65 Å². The van der Waals surface area contributed by atoms with Crippen LogP contribution in [0, 0.1) is 11.8 Å². The van der Waals surface area contributed by atoms with E-state index in [1.165, 1.54) is 4.52 Å². The Morgan fingerprint density at radius 2 is 1.85 bits per heavy atom. The largest absolute Gasteiger partial charge is 0.381 e. The predicted molar refractivity (Wildman–Crippen MR) is 161 cm³/mol. The molecule has 1 amide bonds. The number of rotatable bonds is 4. The molecular weight excluding hydrogens is 512 g/mol. The number of aryl methyl sites for hydroxylation is 1. The molecule has 41 heavy (non-hydrogen) atoms. The van der Waals surface area contributed by atoms with Crippen LogP contribution in [0.15, 0.2) is 85.5 Å². The maximum absolute atomic E-state index is 13.4. The lowest BCUT2D eigenvalue weighted by Gasteiger charge is -2.19. The number of pyridine rings is 1. The Hall–Kier alpha value is -5.49.